The molecule has 1 aliphatic rings. The Balaban J connectivity index is 0.00000133. The average Bonchev–Trinajstić information content (AvgIpc) is 2.85. The fourth-order valence-electron chi connectivity index (χ4n) is 2.54. The second-order valence-corrected chi connectivity index (χ2v) is 4.71. The van der Waals surface area contributed by atoms with E-state index in [-0.39, 0.29) is 24.2 Å². The molecule has 0 saturated carbocycles. The summed E-state index contributed by atoms with van der Waals surface area (Å²) in [5.41, 5.74) is 9.22. The van der Waals surface area contributed by atoms with E-state index in [1.165, 1.54) is 5.56 Å². The summed E-state index contributed by atoms with van der Waals surface area (Å²) in [6.07, 6.45) is 3.65. The van der Waals surface area contributed by atoms with E-state index < -0.39 is 0 Å². The summed E-state index contributed by atoms with van der Waals surface area (Å²) >= 11 is 0. The van der Waals surface area contributed by atoms with Gasteiger partial charge in [-0.25, -0.2) is 0 Å². The zero-order valence-electron chi connectivity index (χ0n) is 10.5. The highest BCUT2D eigenvalue weighted by Crippen LogP contribution is 2.30. The van der Waals surface area contributed by atoms with E-state index >= 15 is 0 Å². The van der Waals surface area contributed by atoms with Crippen LogP contribution in [0.3, 0.4) is 0 Å². The molecule has 0 amide bonds. The standard InChI is InChI=1S/C15H15NO2.ClH/c16-13-7-6-11-10(9-14(13)17)3-1-4-12(11)15-5-2-8-18-15;/h1-5,8,13H,6-7,9,16H2;1H. The Hall–Kier alpha value is -1.58. The zero-order valence-corrected chi connectivity index (χ0v) is 11.3. The van der Waals surface area contributed by atoms with Gasteiger partial charge < -0.3 is 10.2 Å². The van der Waals surface area contributed by atoms with Crippen molar-refractivity contribution in [1.82, 2.24) is 0 Å². The van der Waals surface area contributed by atoms with Gasteiger partial charge in [-0.1, -0.05) is 18.2 Å². The second-order valence-electron chi connectivity index (χ2n) is 4.71. The molecule has 2 aromatic rings. The molecule has 100 valence electrons. The van der Waals surface area contributed by atoms with Gasteiger partial charge in [0.2, 0.25) is 0 Å². The minimum atomic E-state index is -0.332. The molecule has 0 radical (unpaired) electrons. The summed E-state index contributed by atoms with van der Waals surface area (Å²) in [6.45, 7) is 0. The van der Waals surface area contributed by atoms with Crippen LogP contribution in [0.15, 0.2) is 41.0 Å². The molecule has 0 saturated heterocycles. The summed E-state index contributed by atoms with van der Waals surface area (Å²) in [5.74, 6) is 0.986. The number of hydrogen-bond donors (Lipinski definition) is 1. The van der Waals surface area contributed by atoms with E-state index in [1.54, 1.807) is 6.26 Å². The zero-order chi connectivity index (χ0) is 12.5. The van der Waals surface area contributed by atoms with Crippen LogP contribution in [-0.2, 0) is 17.6 Å². The van der Waals surface area contributed by atoms with Crippen LogP contribution in [0.25, 0.3) is 11.3 Å². The van der Waals surface area contributed by atoms with Gasteiger partial charge in [0, 0.05) is 12.0 Å². The van der Waals surface area contributed by atoms with Gasteiger partial charge in [-0.15, -0.1) is 12.4 Å². The number of furan rings is 1. The number of carbonyl (C=O) groups excluding carboxylic acids is 1. The van der Waals surface area contributed by atoms with Crippen LogP contribution in [0.1, 0.15) is 17.5 Å². The van der Waals surface area contributed by atoms with Crippen LogP contribution < -0.4 is 5.73 Å². The summed E-state index contributed by atoms with van der Waals surface area (Å²) in [7, 11) is 0. The van der Waals surface area contributed by atoms with E-state index in [0.29, 0.717) is 12.8 Å². The molecule has 0 fully saturated rings. The molecule has 1 unspecified atom stereocenters. The lowest BCUT2D eigenvalue weighted by atomic mass is 9.96. The molecule has 2 N–H and O–H groups in total. The summed E-state index contributed by atoms with van der Waals surface area (Å²) in [5, 5.41) is 0. The van der Waals surface area contributed by atoms with Crippen molar-refractivity contribution in [2.45, 2.75) is 25.3 Å². The number of rotatable bonds is 1. The molecule has 0 bridgehead atoms. The fourth-order valence-corrected chi connectivity index (χ4v) is 2.54. The van der Waals surface area contributed by atoms with Gasteiger partial charge >= 0.3 is 0 Å². The van der Waals surface area contributed by atoms with Gasteiger partial charge in [0.05, 0.1) is 12.3 Å². The first-order chi connectivity index (χ1) is 8.75. The molecule has 0 aliphatic heterocycles. The van der Waals surface area contributed by atoms with Gasteiger partial charge in [-0.2, -0.15) is 0 Å². The number of halogens is 1. The molecule has 1 heterocycles. The second kappa shape index (κ2) is 5.59. The predicted octanol–water partition coefficient (Wildman–Crippen LogP) is 2.75. The minimum Gasteiger partial charge on any atom is -0.464 e. The first-order valence-electron chi connectivity index (χ1n) is 6.18. The van der Waals surface area contributed by atoms with Crippen LogP contribution in [0, 0.1) is 0 Å². The lowest BCUT2D eigenvalue weighted by Crippen LogP contribution is -2.30. The molecular formula is C15H16ClNO2. The smallest absolute Gasteiger partial charge is 0.153 e. The van der Waals surface area contributed by atoms with E-state index in [0.717, 1.165) is 23.3 Å². The van der Waals surface area contributed by atoms with Crippen LogP contribution in [-0.4, -0.2) is 11.8 Å². The third kappa shape index (κ3) is 2.57. The Morgan fingerprint density at radius 2 is 2.05 bits per heavy atom. The minimum absolute atomic E-state index is 0. The molecular weight excluding hydrogens is 262 g/mol. The van der Waals surface area contributed by atoms with Crippen molar-refractivity contribution in [3.63, 3.8) is 0 Å². The van der Waals surface area contributed by atoms with E-state index in [2.05, 4.69) is 0 Å². The van der Waals surface area contributed by atoms with E-state index in [9.17, 15) is 4.79 Å². The molecule has 3 nitrogen and oxygen atoms in total. The molecule has 0 spiro atoms. The molecule has 3 rings (SSSR count). The topological polar surface area (TPSA) is 56.2 Å². The van der Waals surface area contributed by atoms with Gasteiger partial charge in [0.15, 0.2) is 5.78 Å². The third-order valence-corrected chi connectivity index (χ3v) is 3.54. The first kappa shape index (κ1) is 13.8. The number of ketones is 1. The number of fused-ring (bicyclic) bond motifs is 1. The number of nitrogens with two attached hydrogens (primary N) is 1. The van der Waals surface area contributed by atoms with Gasteiger partial charge in [-0.3, -0.25) is 4.79 Å². The molecule has 19 heavy (non-hydrogen) atoms. The summed E-state index contributed by atoms with van der Waals surface area (Å²) < 4.78 is 5.46. The number of Topliss-reactive ketones (excluding diaryl/α,β-unsaturated/α-hetero) is 1. The van der Waals surface area contributed by atoms with Crippen molar-refractivity contribution in [2.75, 3.05) is 0 Å². The highest BCUT2D eigenvalue weighted by molar-refractivity contribution is 5.87. The maximum absolute atomic E-state index is 11.8. The molecule has 1 aromatic carbocycles. The normalized spacial score (nSPS) is 18.4. The van der Waals surface area contributed by atoms with Crippen molar-refractivity contribution in [3.05, 3.63) is 47.7 Å². The van der Waals surface area contributed by atoms with Gasteiger partial charge in [0.1, 0.15) is 5.76 Å². The highest BCUT2D eigenvalue weighted by Gasteiger charge is 2.22. The van der Waals surface area contributed by atoms with Gasteiger partial charge in [0.25, 0.3) is 0 Å². The van der Waals surface area contributed by atoms with Crippen molar-refractivity contribution in [3.8, 4) is 11.3 Å². The lowest BCUT2D eigenvalue weighted by Gasteiger charge is -2.09. The highest BCUT2D eigenvalue weighted by atomic mass is 35.5. The van der Waals surface area contributed by atoms with E-state index in [1.807, 2.05) is 30.3 Å². The van der Waals surface area contributed by atoms with Crippen molar-refractivity contribution < 1.29 is 9.21 Å². The fraction of sp³-hybridized carbons (Fsp3) is 0.267. The number of carbonyl (C=O) groups is 1. The molecule has 1 aliphatic carbocycles. The average molecular weight is 278 g/mol. The quantitative estimate of drug-likeness (QED) is 0.816. The number of benzene rings is 1. The van der Waals surface area contributed by atoms with Crippen LogP contribution in [0.5, 0.6) is 0 Å². The third-order valence-electron chi connectivity index (χ3n) is 3.54. The Morgan fingerprint density at radius 1 is 1.21 bits per heavy atom. The molecule has 1 atom stereocenters. The van der Waals surface area contributed by atoms with Crippen molar-refractivity contribution >= 4 is 18.2 Å². The monoisotopic (exact) mass is 277 g/mol. The van der Waals surface area contributed by atoms with Crippen molar-refractivity contribution in [1.29, 1.82) is 0 Å². The molecule has 1 aromatic heterocycles. The van der Waals surface area contributed by atoms with Crippen LogP contribution >= 0.6 is 12.4 Å². The Morgan fingerprint density at radius 3 is 2.79 bits per heavy atom. The Labute approximate surface area is 118 Å². The molecule has 4 heteroatoms. The summed E-state index contributed by atoms with van der Waals surface area (Å²) in [6, 6.07) is 9.52. The predicted molar refractivity (Wildman–Crippen MR) is 76.4 cm³/mol. The van der Waals surface area contributed by atoms with E-state index in [4.69, 9.17) is 10.2 Å². The first-order valence-corrected chi connectivity index (χ1v) is 6.18. The maximum atomic E-state index is 11.8. The number of hydrogen-bond acceptors (Lipinski definition) is 3. The SMILES string of the molecule is Cl.NC1CCc2c(cccc2-c2ccco2)CC1=O. The Kier molecular flexibility index (Phi) is 4.08. The summed E-state index contributed by atoms with van der Waals surface area (Å²) in [4.78, 5) is 11.8. The van der Waals surface area contributed by atoms with Crippen LogP contribution in [0.4, 0.5) is 0 Å². The Bertz CT molecular complexity index is 578. The maximum Gasteiger partial charge on any atom is 0.153 e. The van der Waals surface area contributed by atoms with Gasteiger partial charge in [-0.05, 0) is 36.1 Å². The van der Waals surface area contributed by atoms with Crippen molar-refractivity contribution in [2.24, 2.45) is 5.73 Å². The lowest BCUT2D eigenvalue weighted by molar-refractivity contribution is -0.119. The van der Waals surface area contributed by atoms with Crippen LogP contribution in [0.2, 0.25) is 0 Å². The largest absolute Gasteiger partial charge is 0.464 e.